The average molecular weight is 448 g/mol. The Kier molecular flexibility index (Phi) is 7.30. The number of aromatic nitrogens is 1. The number of hydrogen-bond donors (Lipinski definition) is 2. The van der Waals surface area contributed by atoms with E-state index in [0.29, 0.717) is 27.8 Å². The molecule has 0 aliphatic heterocycles. The number of hydrogen-bond acceptors (Lipinski definition) is 7. The first-order chi connectivity index (χ1) is 14.9. The van der Waals surface area contributed by atoms with Crippen LogP contribution in [-0.4, -0.2) is 16.6 Å². The monoisotopic (exact) mass is 447 g/mol. The minimum Gasteiger partial charge on any atom is -0.383 e. The second-order valence-electron chi connectivity index (χ2n) is 7.09. The first kappa shape index (κ1) is 22.4. The highest BCUT2D eigenvalue weighted by molar-refractivity contribution is 7.99. The molecule has 0 aliphatic rings. The van der Waals surface area contributed by atoms with E-state index in [1.807, 2.05) is 41.1 Å². The number of nitrogens with zero attached hydrogens (tertiary/aromatic N) is 3. The second-order valence-corrected chi connectivity index (χ2v) is 8.95. The first-order valence-electron chi connectivity index (χ1n) is 9.63. The second kappa shape index (κ2) is 10.1. The molecule has 2 aromatic heterocycles. The first-order valence-corrected chi connectivity index (χ1v) is 11.6. The summed E-state index contributed by atoms with van der Waals surface area (Å²) in [6, 6.07) is 13.9. The number of amides is 1. The quantitative estimate of drug-likeness (QED) is 0.470. The topological polar surface area (TPSA) is 116 Å². The molecule has 3 aromatic rings. The smallest absolute Gasteiger partial charge is 0.225 e. The number of nitrogens with one attached hydrogen (secondary N) is 1. The van der Waals surface area contributed by atoms with Crippen LogP contribution in [0.2, 0.25) is 0 Å². The van der Waals surface area contributed by atoms with Crippen LogP contribution < -0.4 is 11.1 Å². The van der Waals surface area contributed by atoms with Crippen LogP contribution in [0, 0.1) is 22.7 Å². The molecule has 0 saturated carbocycles. The van der Waals surface area contributed by atoms with Crippen molar-refractivity contribution in [2.45, 2.75) is 31.2 Å². The minimum absolute atomic E-state index is 0.0832. The van der Waals surface area contributed by atoms with Gasteiger partial charge in [-0.05, 0) is 46.0 Å². The molecule has 156 valence electrons. The summed E-state index contributed by atoms with van der Waals surface area (Å²) >= 11 is 2.75. The van der Waals surface area contributed by atoms with E-state index >= 15 is 0 Å². The van der Waals surface area contributed by atoms with Crippen molar-refractivity contribution in [2.24, 2.45) is 0 Å². The molecule has 0 saturated heterocycles. The molecule has 1 amide bonds. The van der Waals surface area contributed by atoms with Crippen LogP contribution in [0.25, 0.3) is 11.1 Å². The number of benzene rings is 1. The summed E-state index contributed by atoms with van der Waals surface area (Å²) in [4.78, 5) is 16.6. The summed E-state index contributed by atoms with van der Waals surface area (Å²) in [5.41, 5.74) is 9.71. The molecule has 0 atom stereocenters. The van der Waals surface area contributed by atoms with Gasteiger partial charge in [-0.25, -0.2) is 4.98 Å². The van der Waals surface area contributed by atoms with Gasteiger partial charge in [-0.2, -0.15) is 21.9 Å². The molecule has 3 N–H and O–H groups in total. The van der Waals surface area contributed by atoms with Crippen molar-refractivity contribution in [1.29, 1.82) is 10.5 Å². The summed E-state index contributed by atoms with van der Waals surface area (Å²) in [5.74, 6) is 0.816. The van der Waals surface area contributed by atoms with Gasteiger partial charge < -0.3 is 11.1 Å². The fourth-order valence-electron chi connectivity index (χ4n) is 3.01. The number of thiophene rings is 1. The molecule has 6 nitrogen and oxygen atoms in total. The molecule has 1 aromatic carbocycles. The summed E-state index contributed by atoms with van der Waals surface area (Å²) in [5, 5.41) is 26.3. The van der Waals surface area contributed by atoms with Gasteiger partial charge in [-0.1, -0.05) is 26.0 Å². The lowest BCUT2D eigenvalue weighted by Gasteiger charge is -2.12. The fourth-order valence-corrected chi connectivity index (χ4v) is 4.60. The van der Waals surface area contributed by atoms with Crippen LogP contribution in [0.15, 0.2) is 46.1 Å². The Morgan fingerprint density at radius 3 is 2.48 bits per heavy atom. The minimum atomic E-state index is -0.122. The van der Waals surface area contributed by atoms with Crippen LogP contribution in [0.5, 0.6) is 0 Å². The molecule has 3 rings (SSSR count). The molecule has 0 radical (unpaired) electrons. The SMILES string of the molecule is CC(C)c1ccc(NC(=O)CCSc2nc(N)c(C#N)c(-c3ccsc3)c2C#N)cc1. The molecule has 0 spiro atoms. The van der Waals surface area contributed by atoms with Crippen LogP contribution in [0.4, 0.5) is 11.5 Å². The number of nitrogens with two attached hydrogens (primary N) is 1. The maximum absolute atomic E-state index is 12.3. The van der Waals surface area contributed by atoms with E-state index < -0.39 is 0 Å². The summed E-state index contributed by atoms with van der Waals surface area (Å²) < 4.78 is 0. The number of carbonyl (C=O) groups is 1. The van der Waals surface area contributed by atoms with E-state index in [1.54, 1.807) is 0 Å². The van der Waals surface area contributed by atoms with Crippen molar-refractivity contribution in [3.8, 4) is 23.3 Å². The number of rotatable bonds is 7. The molecule has 0 fully saturated rings. The van der Waals surface area contributed by atoms with Crippen LogP contribution in [0.3, 0.4) is 0 Å². The highest BCUT2D eigenvalue weighted by atomic mass is 32.2. The van der Waals surface area contributed by atoms with Gasteiger partial charge in [0.15, 0.2) is 0 Å². The zero-order valence-corrected chi connectivity index (χ0v) is 18.8. The van der Waals surface area contributed by atoms with Gasteiger partial charge in [0.05, 0.1) is 5.56 Å². The number of thioether (sulfide) groups is 1. The Morgan fingerprint density at radius 2 is 1.90 bits per heavy atom. The standard InChI is InChI=1S/C23H21N5OS2/c1-14(2)15-3-5-17(6-4-15)27-20(29)8-10-31-23-19(12-25)21(16-7-9-30-13-16)18(11-24)22(26)28-23/h3-7,9,13-14H,8,10H2,1-2H3,(H2,26,28)(H,27,29). The van der Waals surface area contributed by atoms with Gasteiger partial charge in [-0.15, -0.1) is 11.8 Å². The predicted octanol–water partition coefficient (Wildman–Crippen LogP) is 5.38. The van der Waals surface area contributed by atoms with Gasteiger partial charge in [-0.3, -0.25) is 4.79 Å². The van der Waals surface area contributed by atoms with E-state index in [4.69, 9.17) is 5.73 Å². The number of carbonyl (C=O) groups excluding carboxylic acids is 1. The number of nitrogen functional groups attached to an aromatic ring is 1. The molecule has 8 heteroatoms. The summed E-state index contributed by atoms with van der Waals surface area (Å²) in [7, 11) is 0. The van der Waals surface area contributed by atoms with Crippen molar-refractivity contribution in [3.63, 3.8) is 0 Å². The molecule has 0 bridgehead atoms. The van der Waals surface area contributed by atoms with Crippen molar-refractivity contribution in [2.75, 3.05) is 16.8 Å². The third kappa shape index (κ3) is 5.24. The number of pyridine rings is 1. The molecule has 0 unspecified atom stereocenters. The van der Waals surface area contributed by atoms with Crippen LogP contribution in [0.1, 0.15) is 42.9 Å². The van der Waals surface area contributed by atoms with E-state index in [2.05, 4.69) is 36.3 Å². The Labute approximate surface area is 189 Å². The zero-order valence-electron chi connectivity index (χ0n) is 17.2. The molecule has 2 heterocycles. The average Bonchev–Trinajstić information content (AvgIpc) is 3.28. The van der Waals surface area contributed by atoms with Gasteiger partial charge in [0.1, 0.15) is 28.5 Å². The molecule has 0 aliphatic carbocycles. The van der Waals surface area contributed by atoms with Gasteiger partial charge in [0, 0.05) is 23.4 Å². The Bertz CT molecular complexity index is 1160. The normalized spacial score (nSPS) is 10.5. The van der Waals surface area contributed by atoms with Crippen molar-refractivity contribution in [1.82, 2.24) is 4.98 Å². The third-order valence-corrected chi connectivity index (χ3v) is 6.31. The van der Waals surface area contributed by atoms with Gasteiger partial charge in [0.25, 0.3) is 0 Å². The lowest BCUT2D eigenvalue weighted by Crippen LogP contribution is -2.12. The maximum Gasteiger partial charge on any atom is 0.225 e. The maximum atomic E-state index is 12.3. The van der Waals surface area contributed by atoms with Gasteiger partial charge >= 0.3 is 0 Å². The molecular weight excluding hydrogens is 426 g/mol. The van der Waals surface area contributed by atoms with E-state index in [-0.39, 0.29) is 23.7 Å². The van der Waals surface area contributed by atoms with Crippen molar-refractivity contribution >= 4 is 40.5 Å². The summed E-state index contributed by atoms with van der Waals surface area (Å²) in [6.45, 7) is 4.24. The lowest BCUT2D eigenvalue weighted by molar-refractivity contribution is -0.115. The fraction of sp³-hybridized carbons (Fsp3) is 0.217. The highest BCUT2D eigenvalue weighted by Gasteiger charge is 2.20. The molecule has 31 heavy (non-hydrogen) atoms. The van der Waals surface area contributed by atoms with E-state index in [1.165, 1.54) is 28.7 Å². The lowest BCUT2D eigenvalue weighted by atomic mass is 9.99. The number of nitriles is 2. The van der Waals surface area contributed by atoms with Crippen LogP contribution >= 0.6 is 23.1 Å². The number of anilines is 2. The van der Waals surface area contributed by atoms with Crippen LogP contribution in [-0.2, 0) is 4.79 Å². The Hall–Kier alpha value is -3.33. The Morgan fingerprint density at radius 1 is 1.19 bits per heavy atom. The van der Waals surface area contributed by atoms with E-state index in [9.17, 15) is 15.3 Å². The van der Waals surface area contributed by atoms with Gasteiger partial charge in [0.2, 0.25) is 5.91 Å². The zero-order chi connectivity index (χ0) is 22.4. The Balaban J connectivity index is 1.71. The largest absolute Gasteiger partial charge is 0.383 e. The molecular formula is C23H21N5OS2. The van der Waals surface area contributed by atoms with Crippen molar-refractivity contribution in [3.05, 3.63) is 57.8 Å². The summed E-state index contributed by atoms with van der Waals surface area (Å²) in [6.07, 6.45) is 0.247. The van der Waals surface area contributed by atoms with Crippen molar-refractivity contribution < 1.29 is 4.79 Å². The third-order valence-electron chi connectivity index (χ3n) is 4.65. The highest BCUT2D eigenvalue weighted by Crippen LogP contribution is 2.36. The predicted molar refractivity (Wildman–Crippen MR) is 126 cm³/mol. The van der Waals surface area contributed by atoms with E-state index in [0.717, 1.165) is 11.3 Å².